The molecule has 2 rings (SSSR count). The highest BCUT2D eigenvalue weighted by atomic mass is 16.3. The molecule has 0 fully saturated rings. The van der Waals surface area contributed by atoms with Gasteiger partial charge in [-0.05, 0) is 37.6 Å². The molecule has 0 bridgehead atoms. The SMILES string of the molecule is Cc1ccc(CCN(C)c2cc(C)c(N)cn2)o1. The second kappa shape index (κ2) is 5.12. The van der Waals surface area contributed by atoms with Crippen molar-refractivity contribution in [3.63, 3.8) is 0 Å². The molecule has 0 unspecified atom stereocenters. The molecule has 0 radical (unpaired) electrons. The van der Waals surface area contributed by atoms with Crippen LogP contribution in [0.5, 0.6) is 0 Å². The molecule has 2 aromatic rings. The van der Waals surface area contributed by atoms with E-state index in [-0.39, 0.29) is 0 Å². The number of rotatable bonds is 4. The summed E-state index contributed by atoms with van der Waals surface area (Å²) in [7, 11) is 2.02. The number of furan rings is 1. The van der Waals surface area contributed by atoms with Gasteiger partial charge in [-0.15, -0.1) is 0 Å². The second-order valence-electron chi connectivity index (χ2n) is 4.58. The summed E-state index contributed by atoms with van der Waals surface area (Å²) in [6, 6.07) is 6.01. The maximum atomic E-state index is 5.76. The van der Waals surface area contributed by atoms with Crippen LogP contribution in [0.1, 0.15) is 17.1 Å². The van der Waals surface area contributed by atoms with Crippen molar-refractivity contribution >= 4 is 11.5 Å². The third-order valence-corrected chi connectivity index (χ3v) is 3.02. The molecule has 0 saturated carbocycles. The molecular weight excluding hydrogens is 226 g/mol. The molecular formula is C14H19N3O. The van der Waals surface area contributed by atoms with Gasteiger partial charge in [0.05, 0.1) is 11.9 Å². The zero-order chi connectivity index (χ0) is 13.1. The van der Waals surface area contributed by atoms with Gasteiger partial charge in [0.2, 0.25) is 0 Å². The first-order valence-electron chi connectivity index (χ1n) is 6.05. The Morgan fingerprint density at radius 3 is 2.72 bits per heavy atom. The molecule has 0 aliphatic carbocycles. The molecule has 4 heteroatoms. The van der Waals surface area contributed by atoms with Crippen molar-refractivity contribution in [3.05, 3.63) is 41.5 Å². The van der Waals surface area contributed by atoms with Crippen LogP contribution in [-0.2, 0) is 6.42 Å². The van der Waals surface area contributed by atoms with Gasteiger partial charge in [-0.1, -0.05) is 0 Å². The summed E-state index contributed by atoms with van der Waals surface area (Å²) in [5.74, 6) is 2.89. The van der Waals surface area contributed by atoms with Crippen LogP contribution in [-0.4, -0.2) is 18.6 Å². The summed E-state index contributed by atoms with van der Waals surface area (Å²) < 4.78 is 5.55. The van der Waals surface area contributed by atoms with Crippen LogP contribution in [0, 0.1) is 13.8 Å². The molecule has 2 N–H and O–H groups in total. The summed E-state index contributed by atoms with van der Waals surface area (Å²) in [5.41, 5.74) is 7.55. The van der Waals surface area contributed by atoms with Gasteiger partial charge in [-0.3, -0.25) is 0 Å². The summed E-state index contributed by atoms with van der Waals surface area (Å²) in [6.07, 6.45) is 2.58. The average molecular weight is 245 g/mol. The van der Waals surface area contributed by atoms with Crippen LogP contribution < -0.4 is 10.6 Å². The lowest BCUT2D eigenvalue weighted by Gasteiger charge is -2.18. The topological polar surface area (TPSA) is 55.3 Å². The normalized spacial score (nSPS) is 10.6. The lowest BCUT2D eigenvalue weighted by molar-refractivity contribution is 0.483. The van der Waals surface area contributed by atoms with Crippen LogP contribution in [0.25, 0.3) is 0 Å². The minimum absolute atomic E-state index is 0.730. The Labute approximate surface area is 107 Å². The molecule has 0 saturated heterocycles. The van der Waals surface area contributed by atoms with E-state index in [0.29, 0.717) is 0 Å². The molecule has 2 heterocycles. The van der Waals surface area contributed by atoms with Crippen molar-refractivity contribution in [2.24, 2.45) is 0 Å². The fraction of sp³-hybridized carbons (Fsp3) is 0.357. The van der Waals surface area contributed by atoms with E-state index >= 15 is 0 Å². The number of nitrogens with two attached hydrogens (primary N) is 1. The number of nitrogen functional groups attached to an aromatic ring is 1. The van der Waals surface area contributed by atoms with E-state index < -0.39 is 0 Å². The van der Waals surface area contributed by atoms with Gasteiger partial charge in [0.15, 0.2) is 0 Å². The third-order valence-electron chi connectivity index (χ3n) is 3.02. The Morgan fingerprint density at radius 1 is 1.33 bits per heavy atom. The molecule has 0 spiro atoms. The van der Waals surface area contributed by atoms with Gasteiger partial charge in [-0.25, -0.2) is 4.98 Å². The van der Waals surface area contributed by atoms with Crippen molar-refractivity contribution in [1.82, 2.24) is 4.98 Å². The number of hydrogen-bond donors (Lipinski definition) is 1. The fourth-order valence-electron chi connectivity index (χ4n) is 1.77. The van der Waals surface area contributed by atoms with E-state index in [4.69, 9.17) is 10.2 Å². The van der Waals surface area contributed by atoms with Crippen LogP contribution in [0.15, 0.2) is 28.8 Å². The minimum Gasteiger partial charge on any atom is -0.466 e. The van der Waals surface area contributed by atoms with Crippen molar-refractivity contribution in [1.29, 1.82) is 0 Å². The highest BCUT2D eigenvalue weighted by Crippen LogP contribution is 2.16. The Kier molecular flexibility index (Phi) is 3.55. The van der Waals surface area contributed by atoms with E-state index in [2.05, 4.69) is 9.88 Å². The van der Waals surface area contributed by atoms with Gasteiger partial charge in [-0.2, -0.15) is 0 Å². The first kappa shape index (κ1) is 12.5. The highest BCUT2D eigenvalue weighted by molar-refractivity contribution is 5.51. The van der Waals surface area contributed by atoms with Crippen LogP contribution in [0.3, 0.4) is 0 Å². The Bertz CT molecular complexity index is 534. The molecule has 18 heavy (non-hydrogen) atoms. The lowest BCUT2D eigenvalue weighted by atomic mass is 10.2. The van der Waals surface area contributed by atoms with Gasteiger partial charge in [0, 0.05) is 20.0 Å². The first-order chi connectivity index (χ1) is 8.56. The Balaban J connectivity index is 1.99. The van der Waals surface area contributed by atoms with Gasteiger partial charge in [0.1, 0.15) is 17.3 Å². The molecule has 4 nitrogen and oxygen atoms in total. The Hall–Kier alpha value is -1.97. The first-order valence-corrected chi connectivity index (χ1v) is 6.05. The maximum Gasteiger partial charge on any atom is 0.128 e. The number of pyridine rings is 1. The molecule has 0 atom stereocenters. The third kappa shape index (κ3) is 2.83. The summed E-state index contributed by atoms with van der Waals surface area (Å²) in [5, 5.41) is 0. The highest BCUT2D eigenvalue weighted by Gasteiger charge is 2.06. The monoisotopic (exact) mass is 245 g/mol. The number of hydrogen-bond acceptors (Lipinski definition) is 4. The van der Waals surface area contributed by atoms with Crippen molar-refractivity contribution in [2.45, 2.75) is 20.3 Å². The van der Waals surface area contributed by atoms with Gasteiger partial charge < -0.3 is 15.1 Å². The standard InChI is InChI=1S/C14H19N3O/c1-10-8-14(16-9-13(10)15)17(3)7-6-12-5-4-11(2)18-12/h4-5,8-9H,6-7,15H2,1-3H3. The Morgan fingerprint density at radius 2 is 2.11 bits per heavy atom. The predicted octanol–water partition coefficient (Wildman–Crippen LogP) is 2.55. The molecule has 96 valence electrons. The van der Waals surface area contributed by atoms with Crippen molar-refractivity contribution in [2.75, 3.05) is 24.2 Å². The zero-order valence-corrected chi connectivity index (χ0v) is 11.1. The van der Waals surface area contributed by atoms with Crippen LogP contribution in [0.4, 0.5) is 11.5 Å². The van der Waals surface area contributed by atoms with Gasteiger partial charge in [0.25, 0.3) is 0 Å². The van der Waals surface area contributed by atoms with Gasteiger partial charge >= 0.3 is 0 Å². The minimum atomic E-state index is 0.730. The fourth-order valence-corrected chi connectivity index (χ4v) is 1.77. The maximum absolute atomic E-state index is 5.76. The number of aryl methyl sites for hydroxylation is 2. The average Bonchev–Trinajstić information content (AvgIpc) is 2.75. The summed E-state index contributed by atoms with van der Waals surface area (Å²) >= 11 is 0. The number of likely N-dealkylation sites (N-methyl/N-ethyl adjacent to an activating group) is 1. The van der Waals surface area contributed by atoms with Crippen LogP contribution >= 0.6 is 0 Å². The molecule has 0 aromatic carbocycles. The number of aromatic nitrogens is 1. The number of nitrogens with zero attached hydrogens (tertiary/aromatic N) is 2. The van der Waals surface area contributed by atoms with E-state index in [0.717, 1.165) is 41.6 Å². The predicted molar refractivity (Wildman–Crippen MR) is 73.8 cm³/mol. The smallest absolute Gasteiger partial charge is 0.128 e. The van der Waals surface area contributed by atoms with E-state index in [1.165, 1.54) is 0 Å². The summed E-state index contributed by atoms with van der Waals surface area (Å²) in [6.45, 7) is 4.81. The molecule has 0 aliphatic rings. The number of anilines is 2. The lowest BCUT2D eigenvalue weighted by Crippen LogP contribution is -2.21. The zero-order valence-electron chi connectivity index (χ0n) is 11.1. The quantitative estimate of drug-likeness (QED) is 0.899. The molecule has 0 amide bonds. The van der Waals surface area contributed by atoms with E-state index in [1.807, 2.05) is 39.1 Å². The van der Waals surface area contributed by atoms with E-state index in [1.54, 1.807) is 6.20 Å². The molecule has 2 aromatic heterocycles. The van der Waals surface area contributed by atoms with Crippen molar-refractivity contribution < 1.29 is 4.42 Å². The molecule has 0 aliphatic heterocycles. The summed E-state index contributed by atoms with van der Waals surface area (Å²) in [4.78, 5) is 6.43. The largest absolute Gasteiger partial charge is 0.466 e. The van der Waals surface area contributed by atoms with Crippen LogP contribution in [0.2, 0.25) is 0 Å². The van der Waals surface area contributed by atoms with Crippen molar-refractivity contribution in [3.8, 4) is 0 Å². The second-order valence-corrected chi connectivity index (χ2v) is 4.58. The van der Waals surface area contributed by atoms with E-state index in [9.17, 15) is 0 Å².